The Morgan fingerprint density at radius 2 is 2.18 bits per heavy atom. The monoisotopic (exact) mass is 255 g/mol. The summed E-state index contributed by atoms with van der Waals surface area (Å²) in [5, 5.41) is 0.689. The van der Waals surface area contributed by atoms with Crippen LogP contribution in [0.5, 0.6) is 0 Å². The number of hydrogen-bond acceptors (Lipinski definition) is 3. The summed E-state index contributed by atoms with van der Waals surface area (Å²) in [6.07, 6.45) is -0.424. The predicted molar refractivity (Wildman–Crippen MR) is 64.1 cm³/mol. The highest BCUT2D eigenvalue weighted by molar-refractivity contribution is 6.30. The standard InChI is InChI=1S/C12H14ClNO3/c1-16-12(15)14-6-7-17-11(8-14)9-2-4-10(13)5-3-9/h2-5,11H,6-8H2,1H3/t11-/m1/s1. The van der Waals surface area contributed by atoms with Crippen LogP contribution >= 0.6 is 11.6 Å². The number of benzene rings is 1. The maximum Gasteiger partial charge on any atom is 0.409 e. The number of amides is 1. The van der Waals surface area contributed by atoms with Crippen molar-refractivity contribution in [1.82, 2.24) is 4.90 Å². The quantitative estimate of drug-likeness (QED) is 0.774. The van der Waals surface area contributed by atoms with Crippen LogP contribution < -0.4 is 0 Å². The number of methoxy groups -OCH3 is 1. The van der Waals surface area contributed by atoms with E-state index < -0.39 is 0 Å². The summed E-state index contributed by atoms with van der Waals surface area (Å²) in [7, 11) is 1.38. The van der Waals surface area contributed by atoms with Crippen LogP contribution in [0.15, 0.2) is 24.3 Å². The Morgan fingerprint density at radius 1 is 1.47 bits per heavy atom. The summed E-state index contributed by atoms with van der Waals surface area (Å²) in [6.45, 7) is 1.59. The minimum absolute atomic E-state index is 0.111. The fraction of sp³-hybridized carbons (Fsp3) is 0.417. The van der Waals surface area contributed by atoms with Gasteiger partial charge in [-0.25, -0.2) is 4.79 Å². The van der Waals surface area contributed by atoms with Gasteiger partial charge in [-0.15, -0.1) is 0 Å². The zero-order chi connectivity index (χ0) is 12.3. The van der Waals surface area contributed by atoms with Gasteiger partial charge < -0.3 is 14.4 Å². The van der Waals surface area contributed by atoms with E-state index in [2.05, 4.69) is 0 Å². The fourth-order valence-corrected chi connectivity index (χ4v) is 1.95. The van der Waals surface area contributed by atoms with Gasteiger partial charge in [0, 0.05) is 11.6 Å². The predicted octanol–water partition coefficient (Wildman–Crippen LogP) is 2.48. The average molecular weight is 256 g/mol. The van der Waals surface area contributed by atoms with E-state index in [9.17, 15) is 4.79 Å². The van der Waals surface area contributed by atoms with Crippen molar-refractivity contribution in [3.63, 3.8) is 0 Å². The smallest absolute Gasteiger partial charge is 0.409 e. The molecule has 0 unspecified atom stereocenters. The lowest BCUT2D eigenvalue weighted by Gasteiger charge is -2.32. The first kappa shape index (κ1) is 12.2. The van der Waals surface area contributed by atoms with Crippen LogP contribution in [0, 0.1) is 0 Å². The molecular formula is C12H14ClNO3. The average Bonchev–Trinajstić information content (AvgIpc) is 2.39. The first-order valence-corrected chi connectivity index (χ1v) is 5.78. The minimum Gasteiger partial charge on any atom is -0.453 e. The molecule has 92 valence electrons. The van der Waals surface area contributed by atoms with Gasteiger partial charge in [0.15, 0.2) is 0 Å². The molecule has 1 heterocycles. The van der Waals surface area contributed by atoms with Gasteiger partial charge in [0.25, 0.3) is 0 Å². The number of morpholine rings is 1. The van der Waals surface area contributed by atoms with Gasteiger partial charge in [-0.3, -0.25) is 0 Å². The number of carbonyl (C=O) groups excluding carboxylic acids is 1. The lowest BCUT2D eigenvalue weighted by atomic mass is 10.1. The van der Waals surface area contributed by atoms with Crippen molar-refractivity contribution >= 4 is 17.7 Å². The fourth-order valence-electron chi connectivity index (χ4n) is 1.82. The van der Waals surface area contributed by atoms with Crippen molar-refractivity contribution in [3.05, 3.63) is 34.9 Å². The molecule has 0 aliphatic carbocycles. The van der Waals surface area contributed by atoms with Crippen molar-refractivity contribution < 1.29 is 14.3 Å². The summed E-state index contributed by atoms with van der Waals surface area (Å²) in [4.78, 5) is 13.1. The van der Waals surface area contributed by atoms with Gasteiger partial charge >= 0.3 is 6.09 Å². The Labute approximate surface area is 105 Å². The Hall–Kier alpha value is -1.26. The molecule has 5 heteroatoms. The molecule has 1 amide bonds. The molecule has 17 heavy (non-hydrogen) atoms. The second-order valence-electron chi connectivity index (χ2n) is 3.83. The molecule has 1 atom stereocenters. The molecule has 0 aromatic heterocycles. The first-order chi connectivity index (χ1) is 8.20. The van der Waals surface area contributed by atoms with E-state index in [1.807, 2.05) is 24.3 Å². The van der Waals surface area contributed by atoms with E-state index >= 15 is 0 Å². The lowest BCUT2D eigenvalue weighted by molar-refractivity contribution is -0.0258. The van der Waals surface area contributed by atoms with Crippen LogP contribution in [-0.4, -0.2) is 37.8 Å². The normalized spacial score (nSPS) is 20.1. The Morgan fingerprint density at radius 3 is 2.82 bits per heavy atom. The molecule has 0 saturated carbocycles. The molecule has 1 fully saturated rings. The third kappa shape index (κ3) is 2.90. The molecule has 0 N–H and O–H groups in total. The summed E-state index contributed by atoms with van der Waals surface area (Å²) in [5.74, 6) is 0. The summed E-state index contributed by atoms with van der Waals surface area (Å²) in [6, 6.07) is 7.45. The molecule has 0 radical (unpaired) electrons. The molecule has 0 spiro atoms. The summed E-state index contributed by atoms with van der Waals surface area (Å²) in [5.41, 5.74) is 1.02. The van der Waals surface area contributed by atoms with Crippen molar-refractivity contribution in [1.29, 1.82) is 0 Å². The van der Waals surface area contributed by atoms with Crippen molar-refractivity contribution in [3.8, 4) is 0 Å². The molecular weight excluding hydrogens is 242 g/mol. The minimum atomic E-state index is -0.313. The number of nitrogens with zero attached hydrogens (tertiary/aromatic N) is 1. The van der Waals surface area contributed by atoms with Gasteiger partial charge in [0.1, 0.15) is 6.10 Å². The molecule has 1 saturated heterocycles. The van der Waals surface area contributed by atoms with Gasteiger partial charge in [-0.1, -0.05) is 23.7 Å². The maximum atomic E-state index is 11.4. The molecule has 1 aromatic rings. The first-order valence-electron chi connectivity index (χ1n) is 5.40. The number of ether oxygens (including phenoxy) is 2. The second-order valence-corrected chi connectivity index (χ2v) is 4.26. The lowest BCUT2D eigenvalue weighted by Crippen LogP contribution is -2.42. The maximum absolute atomic E-state index is 11.4. The number of rotatable bonds is 1. The number of hydrogen-bond donors (Lipinski definition) is 0. The Balaban J connectivity index is 2.06. The van der Waals surface area contributed by atoms with Crippen LogP contribution in [0.1, 0.15) is 11.7 Å². The van der Waals surface area contributed by atoms with Crippen molar-refractivity contribution in [2.75, 3.05) is 26.8 Å². The molecule has 4 nitrogen and oxygen atoms in total. The highest BCUT2D eigenvalue weighted by Gasteiger charge is 2.25. The topological polar surface area (TPSA) is 38.8 Å². The zero-order valence-electron chi connectivity index (χ0n) is 9.56. The third-order valence-corrected chi connectivity index (χ3v) is 2.99. The molecule has 1 aliphatic rings. The van der Waals surface area contributed by atoms with E-state index in [0.717, 1.165) is 5.56 Å². The van der Waals surface area contributed by atoms with E-state index in [4.69, 9.17) is 21.1 Å². The van der Waals surface area contributed by atoms with Crippen LogP contribution in [0.2, 0.25) is 5.02 Å². The Kier molecular flexibility index (Phi) is 3.86. The van der Waals surface area contributed by atoms with E-state index in [0.29, 0.717) is 24.7 Å². The highest BCUT2D eigenvalue weighted by atomic mass is 35.5. The SMILES string of the molecule is COC(=O)N1CCO[C@@H](c2ccc(Cl)cc2)C1. The summed E-state index contributed by atoms with van der Waals surface area (Å²) >= 11 is 5.83. The number of halogens is 1. The zero-order valence-corrected chi connectivity index (χ0v) is 10.3. The molecule has 1 aliphatic heterocycles. The molecule has 2 rings (SSSR count). The molecule has 1 aromatic carbocycles. The van der Waals surface area contributed by atoms with Gasteiger partial charge in [0.2, 0.25) is 0 Å². The third-order valence-electron chi connectivity index (χ3n) is 2.74. The van der Waals surface area contributed by atoms with Crippen LogP contribution in [0.4, 0.5) is 4.79 Å². The van der Waals surface area contributed by atoms with E-state index in [-0.39, 0.29) is 12.2 Å². The van der Waals surface area contributed by atoms with Crippen LogP contribution in [0.25, 0.3) is 0 Å². The van der Waals surface area contributed by atoms with Crippen molar-refractivity contribution in [2.45, 2.75) is 6.10 Å². The van der Waals surface area contributed by atoms with Gasteiger partial charge in [-0.2, -0.15) is 0 Å². The van der Waals surface area contributed by atoms with Crippen LogP contribution in [-0.2, 0) is 9.47 Å². The number of carbonyl (C=O) groups is 1. The largest absolute Gasteiger partial charge is 0.453 e. The highest BCUT2D eigenvalue weighted by Crippen LogP contribution is 2.23. The second kappa shape index (κ2) is 5.38. The van der Waals surface area contributed by atoms with Crippen LogP contribution in [0.3, 0.4) is 0 Å². The van der Waals surface area contributed by atoms with Gasteiger partial charge in [0.05, 0.1) is 20.3 Å². The van der Waals surface area contributed by atoms with Crippen molar-refractivity contribution in [2.24, 2.45) is 0 Å². The summed E-state index contributed by atoms with van der Waals surface area (Å²) < 4.78 is 10.3. The Bertz CT molecular complexity index is 393. The molecule has 0 bridgehead atoms. The van der Waals surface area contributed by atoms with E-state index in [1.165, 1.54) is 7.11 Å². The van der Waals surface area contributed by atoms with Gasteiger partial charge in [-0.05, 0) is 17.7 Å². The van der Waals surface area contributed by atoms with E-state index in [1.54, 1.807) is 4.90 Å².